The maximum Gasteiger partial charge on any atom is 0.339 e. The van der Waals surface area contributed by atoms with E-state index in [-0.39, 0.29) is 12.5 Å². The second-order valence-electron chi connectivity index (χ2n) is 7.58. The fraction of sp³-hybridized carbons (Fsp3) is 0.185. The van der Waals surface area contributed by atoms with Crippen molar-refractivity contribution in [2.75, 3.05) is 20.3 Å². The minimum absolute atomic E-state index is 0.197. The molecule has 0 spiro atoms. The molecular weight excluding hydrogens is 402 g/mol. The lowest BCUT2D eigenvalue weighted by molar-refractivity contribution is -0.147. The normalized spacial score (nSPS) is 13.3. The van der Waals surface area contributed by atoms with Crippen LogP contribution in [0.2, 0.25) is 0 Å². The van der Waals surface area contributed by atoms with Gasteiger partial charge < -0.3 is 14.4 Å². The summed E-state index contributed by atoms with van der Waals surface area (Å²) >= 11 is 0. The average molecular weight is 428 g/mol. The number of benzene rings is 3. The Kier molecular flexibility index (Phi) is 6.66. The van der Waals surface area contributed by atoms with Crippen LogP contribution in [0.4, 0.5) is 0 Å². The molecule has 1 aliphatic rings. The van der Waals surface area contributed by atoms with Gasteiger partial charge in [0.25, 0.3) is 5.91 Å². The first-order valence-electron chi connectivity index (χ1n) is 10.6. The van der Waals surface area contributed by atoms with Crippen molar-refractivity contribution in [2.45, 2.75) is 13.0 Å². The summed E-state index contributed by atoms with van der Waals surface area (Å²) in [6.45, 7) is 0.863. The van der Waals surface area contributed by atoms with Crippen LogP contribution < -0.4 is 4.74 Å². The summed E-state index contributed by atoms with van der Waals surface area (Å²) in [6, 6.07) is 24.8. The molecule has 32 heavy (non-hydrogen) atoms. The van der Waals surface area contributed by atoms with Gasteiger partial charge in [0.2, 0.25) is 0 Å². The van der Waals surface area contributed by atoms with Gasteiger partial charge in [-0.2, -0.15) is 0 Å². The highest BCUT2D eigenvalue weighted by atomic mass is 16.5. The number of amides is 1. The molecule has 0 unspecified atom stereocenters. The Morgan fingerprint density at radius 2 is 1.59 bits per heavy atom. The first-order chi connectivity index (χ1) is 15.7. The van der Waals surface area contributed by atoms with Crippen LogP contribution in [-0.4, -0.2) is 37.0 Å². The lowest BCUT2D eigenvalue weighted by Gasteiger charge is -2.28. The number of methoxy groups -OCH3 is 1. The summed E-state index contributed by atoms with van der Waals surface area (Å²) in [5, 5.41) is 0. The molecule has 1 amide bonds. The topological polar surface area (TPSA) is 55.8 Å². The SMILES string of the molecule is COc1ccccc1C=C(C(=O)OCC(=O)N1CCc2ccccc2C1)c1ccccc1. The molecule has 162 valence electrons. The highest BCUT2D eigenvalue weighted by Crippen LogP contribution is 2.26. The van der Waals surface area contributed by atoms with Crippen LogP contribution in [0.15, 0.2) is 78.9 Å². The third-order valence-corrected chi connectivity index (χ3v) is 5.55. The molecule has 5 heteroatoms. The molecule has 3 aromatic carbocycles. The number of hydrogen-bond donors (Lipinski definition) is 0. The Hall–Kier alpha value is -3.86. The number of rotatable bonds is 6. The van der Waals surface area contributed by atoms with Crippen molar-refractivity contribution in [3.63, 3.8) is 0 Å². The molecule has 1 heterocycles. The van der Waals surface area contributed by atoms with Crippen LogP contribution in [0.3, 0.4) is 0 Å². The van der Waals surface area contributed by atoms with Gasteiger partial charge in [0.05, 0.1) is 12.7 Å². The summed E-state index contributed by atoms with van der Waals surface area (Å²) in [6.07, 6.45) is 2.54. The van der Waals surface area contributed by atoms with E-state index >= 15 is 0 Å². The maximum atomic E-state index is 13.0. The largest absolute Gasteiger partial charge is 0.496 e. The zero-order valence-electron chi connectivity index (χ0n) is 18.0. The molecule has 0 radical (unpaired) electrons. The van der Waals surface area contributed by atoms with Gasteiger partial charge in [-0.15, -0.1) is 0 Å². The summed E-state index contributed by atoms with van der Waals surface area (Å²) in [7, 11) is 1.59. The molecule has 4 rings (SSSR count). The van der Waals surface area contributed by atoms with Crippen molar-refractivity contribution >= 4 is 23.5 Å². The van der Waals surface area contributed by atoms with Gasteiger partial charge in [0.1, 0.15) is 5.75 Å². The molecule has 0 saturated heterocycles. The van der Waals surface area contributed by atoms with Crippen molar-refractivity contribution in [2.24, 2.45) is 0 Å². The van der Waals surface area contributed by atoms with Crippen LogP contribution in [0, 0.1) is 0 Å². The molecule has 0 aromatic heterocycles. The van der Waals surface area contributed by atoms with E-state index in [9.17, 15) is 9.59 Å². The number of ether oxygens (including phenoxy) is 2. The number of esters is 1. The predicted octanol–water partition coefficient (Wildman–Crippen LogP) is 4.36. The van der Waals surface area contributed by atoms with E-state index in [2.05, 4.69) is 6.07 Å². The molecule has 1 aliphatic heterocycles. The number of nitrogens with zero attached hydrogens (tertiary/aromatic N) is 1. The Bertz CT molecular complexity index is 1140. The monoisotopic (exact) mass is 427 g/mol. The predicted molar refractivity (Wildman–Crippen MR) is 124 cm³/mol. The molecule has 0 saturated carbocycles. The summed E-state index contributed by atoms with van der Waals surface area (Å²) in [5.41, 5.74) is 4.23. The van der Waals surface area contributed by atoms with Crippen LogP contribution in [0.25, 0.3) is 11.6 Å². The molecule has 0 aliphatic carbocycles. The maximum absolute atomic E-state index is 13.0. The Labute approximate surface area is 187 Å². The average Bonchev–Trinajstić information content (AvgIpc) is 2.86. The Morgan fingerprint density at radius 3 is 2.38 bits per heavy atom. The van der Waals surface area contributed by atoms with Crippen molar-refractivity contribution in [3.8, 4) is 5.75 Å². The van der Waals surface area contributed by atoms with E-state index in [4.69, 9.17) is 9.47 Å². The summed E-state index contributed by atoms with van der Waals surface area (Å²) in [4.78, 5) is 27.5. The van der Waals surface area contributed by atoms with Crippen molar-refractivity contribution in [1.29, 1.82) is 0 Å². The van der Waals surface area contributed by atoms with E-state index in [1.54, 1.807) is 18.1 Å². The van der Waals surface area contributed by atoms with E-state index < -0.39 is 5.97 Å². The van der Waals surface area contributed by atoms with Gasteiger partial charge in [-0.1, -0.05) is 72.8 Å². The van der Waals surface area contributed by atoms with E-state index in [0.717, 1.165) is 17.5 Å². The van der Waals surface area contributed by atoms with Gasteiger partial charge in [-0.25, -0.2) is 4.79 Å². The second-order valence-corrected chi connectivity index (χ2v) is 7.58. The molecular formula is C27H25NO4. The molecule has 5 nitrogen and oxygen atoms in total. The fourth-order valence-electron chi connectivity index (χ4n) is 3.82. The number of hydrogen-bond acceptors (Lipinski definition) is 4. The number of fused-ring (bicyclic) bond motifs is 1. The standard InChI is InChI=1S/C27H25NO4/c1-31-25-14-8-7-12-22(25)17-24(21-10-3-2-4-11-21)27(30)32-19-26(29)28-16-15-20-9-5-6-13-23(20)18-28/h2-14,17H,15-16,18-19H2,1H3. The van der Waals surface area contributed by atoms with Gasteiger partial charge in [0, 0.05) is 18.7 Å². The quantitative estimate of drug-likeness (QED) is 0.333. The third kappa shape index (κ3) is 4.89. The Balaban J connectivity index is 1.50. The van der Waals surface area contributed by atoms with Gasteiger partial charge in [-0.3, -0.25) is 4.79 Å². The summed E-state index contributed by atoms with van der Waals surface area (Å²) in [5.74, 6) is -0.0952. The van der Waals surface area contributed by atoms with Gasteiger partial charge in [-0.05, 0) is 35.3 Å². The van der Waals surface area contributed by atoms with Crippen molar-refractivity contribution < 1.29 is 19.1 Å². The lowest BCUT2D eigenvalue weighted by atomic mass is 10.00. The van der Waals surface area contributed by atoms with Gasteiger partial charge >= 0.3 is 5.97 Å². The Morgan fingerprint density at radius 1 is 0.906 bits per heavy atom. The van der Waals surface area contributed by atoms with Crippen LogP contribution in [0.5, 0.6) is 5.75 Å². The number of carbonyl (C=O) groups is 2. The minimum atomic E-state index is -0.548. The van der Waals surface area contributed by atoms with E-state index in [1.807, 2.05) is 72.8 Å². The summed E-state index contributed by atoms with van der Waals surface area (Å²) < 4.78 is 10.9. The smallest absolute Gasteiger partial charge is 0.339 e. The molecule has 0 N–H and O–H groups in total. The van der Waals surface area contributed by atoms with Crippen LogP contribution in [-0.2, 0) is 27.3 Å². The minimum Gasteiger partial charge on any atom is -0.496 e. The second kappa shape index (κ2) is 9.96. The third-order valence-electron chi connectivity index (χ3n) is 5.55. The molecule has 3 aromatic rings. The highest BCUT2D eigenvalue weighted by Gasteiger charge is 2.22. The lowest BCUT2D eigenvalue weighted by Crippen LogP contribution is -2.38. The van der Waals surface area contributed by atoms with Gasteiger partial charge in [0.15, 0.2) is 6.61 Å². The first kappa shape index (κ1) is 21.4. The zero-order chi connectivity index (χ0) is 22.3. The van der Waals surface area contributed by atoms with Crippen LogP contribution in [0.1, 0.15) is 22.3 Å². The fourth-order valence-corrected chi connectivity index (χ4v) is 3.82. The molecule has 0 atom stereocenters. The molecule has 0 fully saturated rings. The highest BCUT2D eigenvalue weighted by molar-refractivity contribution is 6.22. The van der Waals surface area contributed by atoms with E-state index in [1.165, 1.54) is 5.56 Å². The number of para-hydroxylation sites is 1. The zero-order valence-corrected chi connectivity index (χ0v) is 18.0. The first-order valence-corrected chi connectivity index (χ1v) is 10.6. The van der Waals surface area contributed by atoms with Crippen LogP contribution >= 0.6 is 0 Å². The van der Waals surface area contributed by atoms with E-state index in [0.29, 0.717) is 30.0 Å². The van der Waals surface area contributed by atoms with Crippen molar-refractivity contribution in [1.82, 2.24) is 4.90 Å². The van der Waals surface area contributed by atoms with Crippen molar-refractivity contribution in [3.05, 3.63) is 101 Å². The number of carbonyl (C=O) groups excluding carboxylic acids is 2. The molecule has 0 bridgehead atoms.